The van der Waals surface area contributed by atoms with Crippen molar-refractivity contribution < 1.29 is 4.74 Å². The van der Waals surface area contributed by atoms with Gasteiger partial charge in [-0.2, -0.15) is 10.2 Å². The van der Waals surface area contributed by atoms with E-state index in [1.54, 1.807) is 13.3 Å². The Hall–Kier alpha value is -1.94. The van der Waals surface area contributed by atoms with Crippen molar-refractivity contribution in [1.82, 2.24) is 15.5 Å². The minimum Gasteiger partial charge on any atom is -0.497 e. The Kier molecular flexibility index (Phi) is 4.25. The second-order valence-corrected chi connectivity index (χ2v) is 4.09. The van der Waals surface area contributed by atoms with E-state index < -0.39 is 0 Å². The molecule has 0 aliphatic heterocycles. The third-order valence-electron chi connectivity index (χ3n) is 2.83. The number of methoxy groups -OCH3 is 1. The minimum atomic E-state index is 0.262. The van der Waals surface area contributed by atoms with Gasteiger partial charge in [-0.05, 0) is 36.8 Å². The van der Waals surface area contributed by atoms with Gasteiger partial charge in [0.2, 0.25) is 0 Å². The Balaban J connectivity index is 1.93. The monoisotopic (exact) mass is 243 g/mol. The summed E-state index contributed by atoms with van der Waals surface area (Å²) in [5.41, 5.74) is 2.16. The van der Waals surface area contributed by atoms with Gasteiger partial charge in [0.05, 0.1) is 12.8 Å². The van der Waals surface area contributed by atoms with Crippen molar-refractivity contribution in [2.24, 2.45) is 0 Å². The summed E-state index contributed by atoms with van der Waals surface area (Å²) in [7, 11) is 1.67. The number of aromatic nitrogens is 2. The molecule has 1 N–H and O–H groups in total. The quantitative estimate of drug-likeness (QED) is 0.875. The summed E-state index contributed by atoms with van der Waals surface area (Å²) in [6.45, 7) is 2.83. The second kappa shape index (κ2) is 6.12. The summed E-state index contributed by atoms with van der Waals surface area (Å²) in [4.78, 5) is 0. The van der Waals surface area contributed by atoms with Crippen molar-refractivity contribution in [3.63, 3.8) is 0 Å². The van der Waals surface area contributed by atoms with Crippen molar-refractivity contribution in [2.45, 2.75) is 19.5 Å². The average molecular weight is 243 g/mol. The molecule has 0 saturated carbocycles. The van der Waals surface area contributed by atoms with Crippen molar-refractivity contribution in [1.29, 1.82) is 0 Å². The molecule has 4 heteroatoms. The van der Waals surface area contributed by atoms with Gasteiger partial charge in [-0.3, -0.25) is 0 Å². The molecule has 0 spiro atoms. The molecule has 1 aromatic heterocycles. The fourth-order valence-electron chi connectivity index (χ4n) is 1.70. The van der Waals surface area contributed by atoms with Crippen molar-refractivity contribution in [3.8, 4) is 5.75 Å². The number of nitrogens with one attached hydrogen (secondary N) is 1. The molecule has 2 rings (SSSR count). The molecule has 0 amide bonds. The molecule has 1 aromatic carbocycles. The van der Waals surface area contributed by atoms with Gasteiger partial charge in [-0.25, -0.2) is 0 Å². The molecule has 0 saturated heterocycles. The summed E-state index contributed by atoms with van der Waals surface area (Å²) in [5, 5.41) is 11.3. The van der Waals surface area contributed by atoms with Crippen LogP contribution in [0, 0.1) is 0 Å². The van der Waals surface area contributed by atoms with Crippen molar-refractivity contribution in [2.75, 3.05) is 7.11 Å². The Morgan fingerprint density at radius 1 is 1.22 bits per heavy atom. The molecule has 2 aromatic rings. The summed E-state index contributed by atoms with van der Waals surface area (Å²) >= 11 is 0. The second-order valence-electron chi connectivity index (χ2n) is 4.09. The first-order valence-corrected chi connectivity index (χ1v) is 5.93. The number of rotatable bonds is 5. The van der Waals surface area contributed by atoms with Crippen LogP contribution in [0.5, 0.6) is 5.75 Å². The van der Waals surface area contributed by atoms with Gasteiger partial charge in [0.25, 0.3) is 0 Å². The van der Waals surface area contributed by atoms with Crippen LogP contribution in [-0.2, 0) is 6.54 Å². The number of ether oxygens (including phenoxy) is 1. The van der Waals surface area contributed by atoms with Gasteiger partial charge in [-0.15, -0.1) is 0 Å². The first-order chi connectivity index (χ1) is 8.79. The zero-order chi connectivity index (χ0) is 12.8. The molecule has 1 atom stereocenters. The van der Waals surface area contributed by atoms with Gasteiger partial charge in [0, 0.05) is 18.8 Å². The lowest BCUT2D eigenvalue weighted by Crippen LogP contribution is -2.18. The summed E-state index contributed by atoms with van der Waals surface area (Å²) in [6, 6.07) is 12.2. The highest BCUT2D eigenvalue weighted by atomic mass is 16.5. The maximum Gasteiger partial charge on any atom is 0.118 e. The molecule has 0 aliphatic rings. The van der Waals surface area contributed by atoms with E-state index in [2.05, 4.69) is 34.6 Å². The van der Waals surface area contributed by atoms with E-state index in [1.165, 1.54) is 5.56 Å². The van der Waals surface area contributed by atoms with Crippen LogP contribution in [0.15, 0.2) is 42.6 Å². The molecule has 1 unspecified atom stereocenters. The van der Waals surface area contributed by atoms with Gasteiger partial charge >= 0.3 is 0 Å². The van der Waals surface area contributed by atoms with Crippen LogP contribution in [0.3, 0.4) is 0 Å². The third-order valence-corrected chi connectivity index (χ3v) is 2.83. The highest BCUT2D eigenvalue weighted by Crippen LogP contribution is 2.17. The minimum absolute atomic E-state index is 0.262. The van der Waals surface area contributed by atoms with E-state index in [1.807, 2.05) is 24.3 Å². The highest BCUT2D eigenvalue weighted by molar-refractivity contribution is 5.28. The predicted octanol–water partition coefficient (Wildman–Crippen LogP) is 2.34. The van der Waals surface area contributed by atoms with Crippen molar-refractivity contribution in [3.05, 3.63) is 53.9 Å². The molecule has 0 aliphatic carbocycles. The SMILES string of the molecule is COc1ccc(C(C)NCc2cccnn2)cc1. The molecular weight excluding hydrogens is 226 g/mol. The Labute approximate surface area is 107 Å². The van der Waals surface area contributed by atoms with Gasteiger partial charge < -0.3 is 10.1 Å². The van der Waals surface area contributed by atoms with E-state index in [9.17, 15) is 0 Å². The largest absolute Gasteiger partial charge is 0.497 e. The van der Waals surface area contributed by atoms with Crippen LogP contribution in [0.4, 0.5) is 0 Å². The maximum atomic E-state index is 5.14. The van der Waals surface area contributed by atoms with E-state index >= 15 is 0 Å². The Bertz CT molecular complexity index is 470. The highest BCUT2D eigenvalue weighted by Gasteiger charge is 2.05. The molecule has 0 radical (unpaired) electrons. The zero-order valence-electron chi connectivity index (χ0n) is 10.6. The van der Waals surface area contributed by atoms with Gasteiger partial charge in [-0.1, -0.05) is 12.1 Å². The van der Waals surface area contributed by atoms with Crippen molar-refractivity contribution >= 4 is 0 Å². The zero-order valence-corrected chi connectivity index (χ0v) is 10.6. The third kappa shape index (κ3) is 3.28. The lowest BCUT2D eigenvalue weighted by atomic mass is 10.1. The smallest absolute Gasteiger partial charge is 0.118 e. The number of hydrogen-bond donors (Lipinski definition) is 1. The number of nitrogens with zero attached hydrogens (tertiary/aromatic N) is 2. The van der Waals surface area contributed by atoms with E-state index in [-0.39, 0.29) is 6.04 Å². The van der Waals surface area contributed by atoms with E-state index in [4.69, 9.17) is 4.74 Å². The van der Waals surface area contributed by atoms with Crippen LogP contribution in [0.25, 0.3) is 0 Å². The van der Waals surface area contributed by atoms with Gasteiger partial charge in [0.15, 0.2) is 0 Å². The topological polar surface area (TPSA) is 47.0 Å². The van der Waals surface area contributed by atoms with Crippen LogP contribution in [0.1, 0.15) is 24.2 Å². The van der Waals surface area contributed by atoms with Crippen LogP contribution in [-0.4, -0.2) is 17.3 Å². The van der Waals surface area contributed by atoms with E-state index in [0.717, 1.165) is 11.4 Å². The van der Waals surface area contributed by atoms with E-state index in [0.29, 0.717) is 6.54 Å². The predicted molar refractivity (Wildman–Crippen MR) is 70.3 cm³/mol. The molecular formula is C14H17N3O. The number of hydrogen-bond acceptors (Lipinski definition) is 4. The fourth-order valence-corrected chi connectivity index (χ4v) is 1.70. The van der Waals surface area contributed by atoms with Crippen LogP contribution in [0.2, 0.25) is 0 Å². The molecule has 0 bridgehead atoms. The molecule has 94 valence electrons. The van der Waals surface area contributed by atoms with Gasteiger partial charge in [0.1, 0.15) is 5.75 Å². The Morgan fingerprint density at radius 3 is 2.61 bits per heavy atom. The van der Waals surface area contributed by atoms with Crippen LogP contribution < -0.4 is 10.1 Å². The molecule has 18 heavy (non-hydrogen) atoms. The summed E-state index contributed by atoms with van der Waals surface area (Å²) in [6.07, 6.45) is 1.68. The molecule has 1 heterocycles. The molecule has 0 fully saturated rings. The Morgan fingerprint density at radius 2 is 2.00 bits per heavy atom. The molecule has 4 nitrogen and oxygen atoms in total. The number of benzene rings is 1. The first kappa shape index (κ1) is 12.5. The maximum absolute atomic E-state index is 5.14. The summed E-state index contributed by atoms with van der Waals surface area (Å²) in [5.74, 6) is 0.875. The lowest BCUT2D eigenvalue weighted by molar-refractivity contribution is 0.414. The lowest BCUT2D eigenvalue weighted by Gasteiger charge is -2.14. The standard InChI is InChI=1S/C14H17N3O/c1-11(12-5-7-14(18-2)8-6-12)15-10-13-4-3-9-16-17-13/h3-9,11,15H,10H2,1-2H3. The fraction of sp³-hybridized carbons (Fsp3) is 0.286. The average Bonchev–Trinajstić information content (AvgIpc) is 2.46. The normalized spacial score (nSPS) is 12.1. The summed E-state index contributed by atoms with van der Waals surface area (Å²) < 4.78 is 5.14. The van der Waals surface area contributed by atoms with Crippen LogP contribution >= 0.6 is 0 Å². The first-order valence-electron chi connectivity index (χ1n) is 5.93.